The first-order chi connectivity index (χ1) is 13.1. The van der Waals surface area contributed by atoms with Crippen LogP contribution in [-0.4, -0.2) is 39.6 Å². The zero-order valence-electron chi connectivity index (χ0n) is 16.3. The summed E-state index contributed by atoms with van der Waals surface area (Å²) < 4.78 is 7.47. The quantitative estimate of drug-likeness (QED) is 0.732. The third kappa shape index (κ3) is 4.83. The number of amides is 1. The summed E-state index contributed by atoms with van der Waals surface area (Å²) in [6.07, 6.45) is 4.57. The number of carbonyl (C=O) groups is 1. The molecule has 0 saturated heterocycles. The summed E-state index contributed by atoms with van der Waals surface area (Å²) >= 11 is 1.43. The highest BCUT2D eigenvalue weighted by molar-refractivity contribution is 7.99. The van der Waals surface area contributed by atoms with Crippen molar-refractivity contribution in [1.82, 2.24) is 20.1 Å². The smallest absolute Gasteiger partial charge is 0.230 e. The molecule has 146 valence electrons. The molecule has 0 unspecified atom stereocenters. The fourth-order valence-electron chi connectivity index (χ4n) is 3.51. The van der Waals surface area contributed by atoms with Crippen molar-refractivity contribution in [2.75, 3.05) is 12.9 Å². The number of nitrogens with one attached hydrogen (secondary N) is 1. The highest BCUT2D eigenvalue weighted by atomic mass is 32.2. The molecule has 0 atom stereocenters. The van der Waals surface area contributed by atoms with Gasteiger partial charge in [0.15, 0.2) is 11.0 Å². The predicted molar refractivity (Wildman–Crippen MR) is 108 cm³/mol. The lowest BCUT2D eigenvalue weighted by molar-refractivity contribution is -0.119. The number of carbonyl (C=O) groups excluding carboxylic acids is 1. The van der Waals surface area contributed by atoms with Gasteiger partial charge in [0.25, 0.3) is 0 Å². The molecule has 1 aliphatic rings. The number of methoxy groups -OCH3 is 1. The Balaban J connectivity index is 1.64. The second-order valence-corrected chi connectivity index (χ2v) is 8.01. The van der Waals surface area contributed by atoms with Gasteiger partial charge in [0.05, 0.1) is 18.4 Å². The Kier molecular flexibility index (Phi) is 6.77. The van der Waals surface area contributed by atoms with Gasteiger partial charge in [-0.25, -0.2) is 0 Å². The Morgan fingerprint density at radius 1 is 1.26 bits per heavy atom. The van der Waals surface area contributed by atoms with Crippen LogP contribution in [0.1, 0.15) is 39.5 Å². The highest BCUT2D eigenvalue weighted by Gasteiger charge is 2.21. The van der Waals surface area contributed by atoms with Crippen LogP contribution >= 0.6 is 11.8 Å². The lowest BCUT2D eigenvalue weighted by atomic mass is 9.87. The van der Waals surface area contributed by atoms with E-state index >= 15 is 0 Å². The van der Waals surface area contributed by atoms with Gasteiger partial charge in [0.1, 0.15) is 5.75 Å². The number of thioether (sulfide) groups is 1. The van der Waals surface area contributed by atoms with E-state index in [-0.39, 0.29) is 5.91 Å². The van der Waals surface area contributed by atoms with Crippen LogP contribution in [-0.2, 0) is 11.3 Å². The largest absolute Gasteiger partial charge is 0.496 e. The maximum absolute atomic E-state index is 12.3. The zero-order chi connectivity index (χ0) is 19.2. The normalized spacial score (nSPS) is 19.7. The van der Waals surface area contributed by atoms with Crippen LogP contribution < -0.4 is 10.1 Å². The molecule has 3 rings (SSSR count). The first-order valence-electron chi connectivity index (χ1n) is 9.61. The fraction of sp³-hybridized carbons (Fsp3) is 0.550. The van der Waals surface area contributed by atoms with E-state index in [0.29, 0.717) is 11.8 Å². The molecule has 2 aromatic rings. The van der Waals surface area contributed by atoms with E-state index in [9.17, 15) is 4.79 Å². The molecule has 6 nitrogen and oxygen atoms in total. The summed E-state index contributed by atoms with van der Waals surface area (Å²) in [4.78, 5) is 12.3. The molecule has 1 amide bonds. The number of rotatable bonds is 7. The van der Waals surface area contributed by atoms with E-state index < -0.39 is 0 Å². The van der Waals surface area contributed by atoms with Crippen LogP contribution in [0.5, 0.6) is 5.75 Å². The minimum Gasteiger partial charge on any atom is -0.496 e. The SMILES string of the molecule is CCn1c(SCC(=O)NC2CCC(C)CC2)nnc1-c1ccccc1OC. The van der Waals surface area contributed by atoms with Crippen LogP contribution in [0.25, 0.3) is 11.4 Å². The van der Waals surface area contributed by atoms with E-state index in [1.54, 1.807) is 7.11 Å². The number of ether oxygens (including phenoxy) is 1. The van der Waals surface area contributed by atoms with Gasteiger partial charge >= 0.3 is 0 Å². The number of hydrogen-bond donors (Lipinski definition) is 1. The van der Waals surface area contributed by atoms with Crippen LogP contribution in [0.2, 0.25) is 0 Å². The summed E-state index contributed by atoms with van der Waals surface area (Å²) in [6.45, 7) is 5.06. The number of hydrogen-bond acceptors (Lipinski definition) is 5. The van der Waals surface area contributed by atoms with Crippen molar-refractivity contribution in [3.63, 3.8) is 0 Å². The standard InChI is InChI=1S/C20H28N4O2S/c1-4-24-19(16-7-5-6-8-17(16)26-3)22-23-20(24)27-13-18(25)21-15-11-9-14(2)10-12-15/h5-8,14-15H,4,9-13H2,1-3H3,(H,21,25). The van der Waals surface area contributed by atoms with E-state index in [2.05, 4.69) is 29.4 Å². The third-order valence-corrected chi connectivity index (χ3v) is 6.06. The Morgan fingerprint density at radius 2 is 2.00 bits per heavy atom. The maximum Gasteiger partial charge on any atom is 0.230 e. The number of para-hydroxylation sites is 1. The van der Waals surface area contributed by atoms with Gasteiger partial charge in [-0.05, 0) is 50.7 Å². The summed E-state index contributed by atoms with van der Waals surface area (Å²) in [5, 5.41) is 12.6. The molecule has 0 radical (unpaired) electrons. The van der Waals surface area contributed by atoms with Crippen LogP contribution in [0, 0.1) is 5.92 Å². The minimum atomic E-state index is 0.0732. The van der Waals surface area contributed by atoms with Crippen molar-refractivity contribution in [1.29, 1.82) is 0 Å². The second-order valence-electron chi connectivity index (χ2n) is 7.06. The van der Waals surface area contributed by atoms with Crippen molar-refractivity contribution in [2.45, 2.75) is 57.3 Å². The fourth-order valence-corrected chi connectivity index (χ4v) is 4.33. The molecule has 1 saturated carbocycles. The molecule has 1 fully saturated rings. The van der Waals surface area contributed by atoms with Crippen molar-refractivity contribution >= 4 is 17.7 Å². The number of benzene rings is 1. The summed E-state index contributed by atoms with van der Waals surface area (Å²) in [7, 11) is 1.65. The second kappa shape index (κ2) is 9.26. The van der Waals surface area contributed by atoms with Gasteiger partial charge in [-0.15, -0.1) is 10.2 Å². The average molecular weight is 389 g/mol. The van der Waals surface area contributed by atoms with Gasteiger partial charge in [-0.3, -0.25) is 4.79 Å². The van der Waals surface area contributed by atoms with Crippen molar-refractivity contribution in [3.8, 4) is 17.1 Å². The van der Waals surface area contributed by atoms with Gasteiger partial charge in [-0.1, -0.05) is 30.8 Å². The number of nitrogens with zero attached hydrogens (tertiary/aromatic N) is 3. The molecule has 0 bridgehead atoms. The lowest BCUT2D eigenvalue weighted by Gasteiger charge is -2.26. The van der Waals surface area contributed by atoms with Crippen LogP contribution in [0.4, 0.5) is 0 Å². The zero-order valence-corrected chi connectivity index (χ0v) is 17.1. The third-order valence-electron chi connectivity index (χ3n) is 5.09. The van der Waals surface area contributed by atoms with Gasteiger partial charge in [-0.2, -0.15) is 0 Å². The molecule has 1 aromatic heterocycles. The Bertz CT molecular complexity index is 769. The highest BCUT2D eigenvalue weighted by Crippen LogP contribution is 2.31. The van der Waals surface area contributed by atoms with Gasteiger partial charge in [0.2, 0.25) is 5.91 Å². The average Bonchev–Trinajstić information content (AvgIpc) is 3.10. The Morgan fingerprint density at radius 3 is 2.70 bits per heavy atom. The Labute approximate surface area is 165 Å². The van der Waals surface area contributed by atoms with E-state index in [1.807, 2.05) is 28.8 Å². The first-order valence-corrected chi connectivity index (χ1v) is 10.6. The molecule has 1 aromatic carbocycles. The Hall–Kier alpha value is -2.02. The van der Waals surface area contributed by atoms with Gasteiger partial charge in [0, 0.05) is 12.6 Å². The van der Waals surface area contributed by atoms with Crippen molar-refractivity contribution in [3.05, 3.63) is 24.3 Å². The van der Waals surface area contributed by atoms with Crippen molar-refractivity contribution in [2.24, 2.45) is 5.92 Å². The number of aromatic nitrogens is 3. The molecule has 0 aliphatic heterocycles. The van der Waals surface area contributed by atoms with Crippen LogP contribution in [0.15, 0.2) is 29.4 Å². The van der Waals surface area contributed by atoms with E-state index in [1.165, 1.54) is 24.6 Å². The molecule has 0 spiro atoms. The summed E-state index contributed by atoms with van der Waals surface area (Å²) in [5.74, 6) is 2.74. The van der Waals surface area contributed by atoms with Gasteiger partial charge < -0.3 is 14.6 Å². The topological polar surface area (TPSA) is 69.0 Å². The molecular formula is C20H28N4O2S. The maximum atomic E-state index is 12.3. The molecular weight excluding hydrogens is 360 g/mol. The molecule has 1 N–H and O–H groups in total. The lowest BCUT2D eigenvalue weighted by Crippen LogP contribution is -2.38. The molecule has 7 heteroatoms. The predicted octanol–water partition coefficient (Wildman–Crippen LogP) is 3.76. The summed E-state index contributed by atoms with van der Waals surface area (Å²) in [5.41, 5.74) is 0.905. The van der Waals surface area contributed by atoms with E-state index in [0.717, 1.165) is 47.6 Å². The summed E-state index contributed by atoms with van der Waals surface area (Å²) in [6, 6.07) is 8.09. The monoisotopic (exact) mass is 388 g/mol. The molecule has 1 heterocycles. The minimum absolute atomic E-state index is 0.0732. The molecule has 1 aliphatic carbocycles. The molecule has 27 heavy (non-hydrogen) atoms. The van der Waals surface area contributed by atoms with Crippen LogP contribution in [0.3, 0.4) is 0 Å². The van der Waals surface area contributed by atoms with Crippen molar-refractivity contribution < 1.29 is 9.53 Å². The first kappa shape index (κ1) is 19.7. The van der Waals surface area contributed by atoms with E-state index in [4.69, 9.17) is 4.74 Å².